The molecule has 0 atom stereocenters. The zero-order valence-electron chi connectivity index (χ0n) is 11.4. The fraction of sp³-hybridized carbons (Fsp3) is 0.333. The monoisotopic (exact) mass is 287 g/mol. The molecule has 0 fully saturated rings. The van der Waals surface area contributed by atoms with Crippen molar-refractivity contribution in [3.63, 3.8) is 0 Å². The Labute approximate surface area is 122 Å². The highest BCUT2D eigenvalue weighted by atomic mass is 32.1. The van der Waals surface area contributed by atoms with Gasteiger partial charge in [-0.2, -0.15) is 0 Å². The van der Waals surface area contributed by atoms with Gasteiger partial charge in [0.15, 0.2) is 0 Å². The number of fused-ring (bicyclic) bond motifs is 1. The quantitative estimate of drug-likeness (QED) is 0.944. The Hall–Kier alpha value is -1.88. The van der Waals surface area contributed by atoms with E-state index >= 15 is 0 Å². The van der Waals surface area contributed by atoms with E-state index < -0.39 is 0 Å². The van der Waals surface area contributed by atoms with Crippen LogP contribution in [0.3, 0.4) is 0 Å². The van der Waals surface area contributed by atoms with Crippen molar-refractivity contribution in [1.82, 2.24) is 9.88 Å². The average molecular weight is 287 g/mol. The second kappa shape index (κ2) is 5.63. The molecule has 0 radical (unpaired) electrons. The highest BCUT2D eigenvalue weighted by molar-refractivity contribution is 7.10. The lowest BCUT2D eigenvalue weighted by atomic mass is 10.1. The number of aromatic nitrogens is 1. The maximum atomic E-state index is 12.7. The van der Waals surface area contributed by atoms with Crippen LogP contribution in [-0.4, -0.2) is 28.9 Å². The van der Waals surface area contributed by atoms with Gasteiger partial charge in [0.2, 0.25) is 0 Å². The van der Waals surface area contributed by atoms with Crippen LogP contribution in [0.15, 0.2) is 29.8 Å². The number of amides is 1. The van der Waals surface area contributed by atoms with E-state index in [1.807, 2.05) is 24.0 Å². The van der Waals surface area contributed by atoms with E-state index in [1.165, 1.54) is 10.4 Å². The molecule has 20 heavy (non-hydrogen) atoms. The highest BCUT2D eigenvalue weighted by Crippen LogP contribution is 2.26. The molecule has 1 aliphatic rings. The van der Waals surface area contributed by atoms with E-state index in [4.69, 9.17) is 0 Å². The van der Waals surface area contributed by atoms with Gasteiger partial charge >= 0.3 is 0 Å². The lowest BCUT2D eigenvalue weighted by Gasteiger charge is -2.27. The van der Waals surface area contributed by atoms with Crippen molar-refractivity contribution in [2.24, 2.45) is 0 Å². The van der Waals surface area contributed by atoms with Crippen LogP contribution in [0.5, 0.6) is 0 Å². The van der Waals surface area contributed by atoms with Gasteiger partial charge in [0.05, 0.1) is 5.56 Å². The first-order valence-electron chi connectivity index (χ1n) is 6.83. The molecule has 0 saturated heterocycles. The van der Waals surface area contributed by atoms with Gasteiger partial charge in [-0.15, -0.1) is 11.3 Å². The summed E-state index contributed by atoms with van der Waals surface area (Å²) in [6.45, 7) is 4.25. The largest absolute Gasteiger partial charge is 0.370 e. The first-order valence-corrected chi connectivity index (χ1v) is 7.71. The molecule has 0 saturated carbocycles. The molecule has 1 aliphatic heterocycles. The molecule has 1 N–H and O–H groups in total. The van der Waals surface area contributed by atoms with Crippen LogP contribution >= 0.6 is 11.3 Å². The van der Waals surface area contributed by atoms with Crippen molar-refractivity contribution in [2.75, 3.05) is 18.4 Å². The molecule has 0 spiro atoms. The van der Waals surface area contributed by atoms with Crippen molar-refractivity contribution in [3.05, 3.63) is 45.8 Å². The molecule has 2 aromatic rings. The Balaban J connectivity index is 1.83. The van der Waals surface area contributed by atoms with Gasteiger partial charge in [-0.3, -0.25) is 4.79 Å². The molecule has 3 rings (SSSR count). The summed E-state index contributed by atoms with van der Waals surface area (Å²) in [4.78, 5) is 20.3. The Morgan fingerprint density at radius 2 is 2.40 bits per heavy atom. The van der Waals surface area contributed by atoms with E-state index in [0.29, 0.717) is 17.9 Å². The number of hydrogen-bond acceptors (Lipinski definition) is 4. The minimum atomic E-state index is 0.0610. The minimum absolute atomic E-state index is 0.0610. The number of nitrogens with one attached hydrogen (secondary N) is 1. The summed E-state index contributed by atoms with van der Waals surface area (Å²) in [7, 11) is 0. The van der Waals surface area contributed by atoms with E-state index in [2.05, 4.69) is 21.7 Å². The summed E-state index contributed by atoms with van der Waals surface area (Å²) in [6.07, 6.45) is 2.66. The molecule has 4 nitrogen and oxygen atoms in total. The number of thiophene rings is 1. The Kier molecular flexibility index (Phi) is 3.69. The SMILES string of the molecule is CCNc1ncccc1C(=O)N1CCc2sccc2C1. The lowest BCUT2D eigenvalue weighted by Crippen LogP contribution is -2.35. The standard InChI is InChI=1S/C15H17N3OS/c1-2-16-14-12(4-3-7-17-14)15(19)18-8-5-13-11(10-18)6-9-20-13/h3-4,6-7,9H,2,5,8,10H2,1H3,(H,16,17). The summed E-state index contributed by atoms with van der Waals surface area (Å²) >= 11 is 1.78. The zero-order chi connectivity index (χ0) is 13.9. The first kappa shape index (κ1) is 13.1. The summed E-state index contributed by atoms with van der Waals surface area (Å²) in [5.41, 5.74) is 1.94. The average Bonchev–Trinajstić information content (AvgIpc) is 2.95. The maximum Gasteiger partial charge on any atom is 0.257 e. The second-order valence-electron chi connectivity index (χ2n) is 4.78. The van der Waals surface area contributed by atoms with Crippen LogP contribution in [0.4, 0.5) is 5.82 Å². The number of nitrogens with zero attached hydrogens (tertiary/aromatic N) is 2. The molecular weight excluding hydrogens is 270 g/mol. The van der Waals surface area contributed by atoms with Gasteiger partial charge < -0.3 is 10.2 Å². The van der Waals surface area contributed by atoms with Crippen LogP contribution in [-0.2, 0) is 13.0 Å². The highest BCUT2D eigenvalue weighted by Gasteiger charge is 2.24. The number of hydrogen-bond donors (Lipinski definition) is 1. The smallest absolute Gasteiger partial charge is 0.257 e. The topological polar surface area (TPSA) is 45.2 Å². The zero-order valence-corrected chi connectivity index (χ0v) is 12.2. The molecule has 0 unspecified atom stereocenters. The molecule has 1 amide bonds. The molecule has 0 aromatic carbocycles. The Morgan fingerprint density at radius 1 is 1.50 bits per heavy atom. The third kappa shape index (κ3) is 2.41. The van der Waals surface area contributed by atoms with Crippen molar-refractivity contribution in [2.45, 2.75) is 19.9 Å². The number of carbonyl (C=O) groups excluding carboxylic acids is 1. The number of anilines is 1. The summed E-state index contributed by atoms with van der Waals surface area (Å²) < 4.78 is 0. The van der Waals surface area contributed by atoms with Crippen molar-refractivity contribution >= 4 is 23.1 Å². The van der Waals surface area contributed by atoms with Crippen LogP contribution in [0, 0.1) is 0 Å². The first-order chi connectivity index (χ1) is 9.79. The van der Waals surface area contributed by atoms with E-state index in [-0.39, 0.29) is 5.91 Å². The van der Waals surface area contributed by atoms with E-state index in [0.717, 1.165) is 19.5 Å². The predicted molar refractivity (Wildman–Crippen MR) is 81.2 cm³/mol. The maximum absolute atomic E-state index is 12.7. The number of pyridine rings is 1. The summed E-state index contributed by atoms with van der Waals surface area (Å²) in [5.74, 6) is 0.738. The van der Waals surface area contributed by atoms with Gasteiger partial charge in [-0.25, -0.2) is 4.98 Å². The van der Waals surface area contributed by atoms with Crippen molar-refractivity contribution < 1.29 is 4.79 Å². The third-order valence-electron chi connectivity index (χ3n) is 3.48. The Bertz CT molecular complexity index is 623. The fourth-order valence-electron chi connectivity index (χ4n) is 2.48. The lowest BCUT2D eigenvalue weighted by molar-refractivity contribution is 0.0736. The van der Waals surface area contributed by atoms with E-state index in [1.54, 1.807) is 17.5 Å². The van der Waals surface area contributed by atoms with Gasteiger partial charge in [-0.1, -0.05) is 0 Å². The van der Waals surface area contributed by atoms with Gasteiger partial charge in [-0.05, 0) is 42.5 Å². The number of carbonyl (C=O) groups is 1. The van der Waals surface area contributed by atoms with Crippen LogP contribution in [0.25, 0.3) is 0 Å². The normalized spacial score (nSPS) is 13.9. The third-order valence-corrected chi connectivity index (χ3v) is 4.50. The van der Waals surface area contributed by atoms with Crippen LogP contribution in [0.1, 0.15) is 27.7 Å². The molecule has 0 bridgehead atoms. The van der Waals surface area contributed by atoms with Gasteiger partial charge in [0, 0.05) is 30.7 Å². The second-order valence-corrected chi connectivity index (χ2v) is 5.78. The van der Waals surface area contributed by atoms with Gasteiger partial charge in [0.1, 0.15) is 5.82 Å². The summed E-state index contributed by atoms with van der Waals surface area (Å²) in [5, 5.41) is 5.26. The molecule has 5 heteroatoms. The van der Waals surface area contributed by atoms with Gasteiger partial charge in [0.25, 0.3) is 5.91 Å². The summed E-state index contributed by atoms with van der Waals surface area (Å²) in [6, 6.07) is 5.78. The predicted octanol–water partition coefficient (Wildman–Crippen LogP) is 2.77. The fourth-order valence-corrected chi connectivity index (χ4v) is 3.37. The minimum Gasteiger partial charge on any atom is -0.370 e. The molecular formula is C15H17N3OS. The molecule has 3 heterocycles. The molecule has 104 valence electrons. The Morgan fingerprint density at radius 3 is 3.25 bits per heavy atom. The molecule has 0 aliphatic carbocycles. The van der Waals surface area contributed by atoms with Crippen molar-refractivity contribution in [1.29, 1.82) is 0 Å². The number of rotatable bonds is 3. The van der Waals surface area contributed by atoms with Crippen molar-refractivity contribution in [3.8, 4) is 0 Å². The van der Waals surface area contributed by atoms with Crippen LogP contribution < -0.4 is 5.32 Å². The van der Waals surface area contributed by atoms with E-state index in [9.17, 15) is 4.79 Å². The van der Waals surface area contributed by atoms with Crippen LogP contribution in [0.2, 0.25) is 0 Å². The molecule has 2 aromatic heterocycles.